The molecule has 2 aromatic rings. The minimum Gasteiger partial charge on any atom is -0.378 e. The van der Waals surface area contributed by atoms with E-state index >= 15 is 0 Å². The summed E-state index contributed by atoms with van der Waals surface area (Å²) in [5.74, 6) is -0.652. The predicted octanol–water partition coefficient (Wildman–Crippen LogP) is 2.70. The highest BCUT2D eigenvalue weighted by atomic mass is 79.9. The summed E-state index contributed by atoms with van der Waals surface area (Å²) in [6.45, 7) is 2.82. The van der Waals surface area contributed by atoms with Crippen molar-refractivity contribution in [1.82, 2.24) is 5.43 Å². The summed E-state index contributed by atoms with van der Waals surface area (Å²) in [5, 5.41) is 4.20. The average molecular weight is 473 g/mol. The lowest BCUT2D eigenvalue weighted by Crippen LogP contribution is -2.50. The molecule has 0 atom stereocenters. The van der Waals surface area contributed by atoms with Crippen molar-refractivity contribution in [3.05, 3.63) is 52.5 Å². The largest absolute Gasteiger partial charge is 0.378 e. The van der Waals surface area contributed by atoms with E-state index in [1.54, 1.807) is 24.3 Å². The van der Waals surface area contributed by atoms with Gasteiger partial charge in [-0.05, 0) is 42.5 Å². The monoisotopic (exact) mass is 472 g/mol. The summed E-state index contributed by atoms with van der Waals surface area (Å²) in [7, 11) is 0. The molecule has 4 rings (SSSR count). The number of benzene rings is 2. The lowest BCUT2D eigenvalue weighted by atomic mass is 10.1. The van der Waals surface area contributed by atoms with Gasteiger partial charge in [0.2, 0.25) is 11.8 Å². The molecule has 9 heteroatoms. The van der Waals surface area contributed by atoms with Crippen molar-refractivity contribution in [2.75, 3.05) is 41.5 Å². The van der Waals surface area contributed by atoms with Crippen LogP contribution in [0.25, 0.3) is 0 Å². The molecule has 0 saturated carbocycles. The van der Waals surface area contributed by atoms with Crippen LogP contribution >= 0.6 is 15.9 Å². The summed E-state index contributed by atoms with van der Waals surface area (Å²) >= 11 is 3.46. The highest BCUT2D eigenvalue weighted by Gasteiger charge is 2.24. The molecule has 2 aliphatic rings. The average Bonchev–Trinajstić information content (AvgIpc) is 2.76. The van der Waals surface area contributed by atoms with Crippen LogP contribution in [0.5, 0.6) is 0 Å². The van der Waals surface area contributed by atoms with E-state index in [2.05, 4.69) is 31.6 Å². The van der Waals surface area contributed by atoms with E-state index in [0.717, 1.165) is 23.2 Å². The van der Waals surface area contributed by atoms with Crippen LogP contribution in [0.2, 0.25) is 0 Å². The van der Waals surface area contributed by atoms with Crippen LogP contribution in [0.1, 0.15) is 23.2 Å². The molecule has 3 amide bonds. The lowest BCUT2D eigenvalue weighted by Gasteiger charge is -2.30. The number of hydrogen-bond acceptors (Lipinski definition) is 5. The van der Waals surface area contributed by atoms with Crippen molar-refractivity contribution in [2.24, 2.45) is 0 Å². The van der Waals surface area contributed by atoms with Crippen LogP contribution in [-0.4, -0.2) is 44.0 Å². The second-order valence-electron chi connectivity index (χ2n) is 7.03. The van der Waals surface area contributed by atoms with E-state index in [9.17, 15) is 14.4 Å². The fourth-order valence-electron chi connectivity index (χ4n) is 3.43. The van der Waals surface area contributed by atoms with Crippen molar-refractivity contribution in [2.45, 2.75) is 12.8 Å². The second-order valence-corrected chi connectivity index (χ2v) is 7.94. The molecule has 2 saturated heterocycles. The van der Waals surface area contributed by atoms with Gasteiger partial charge in [0.1, 0.15) is 0 Å². The quantitative estimate of drug-likeness (QED) is 0.713. The topological polar surface area (TPSA) is 91.0 Å². The number of carbonyl (C=O) groups is 3. The van der Waals surface area contributed by atoms with Gasteiger partial charge in [-0.3, -0.25) is 19.8 Å². The molecule has 0 spiro atoms. The molecular weight excluding hydrogens is 452 g/mol. The Morgan fingerprint density at radius 1 is 1.03 bits per heavy atom. The van der Waals surface area contributed by atoms with Crippen LogP contribution in [0.15, 0.2) is 46.9 Å². The zero-order chi connectivity index (χ0) is 21.1. The van der Waals surface area contributed by atoms with Crippen LogP contribution in [-0.2, 0) is 14.3 Å². The zero-order valence-corrected chi connectivity index (χ0v) is 17.8. The fraction of sp³-hybridized carbons (Fsp3) is 0.286. The number of hydrazine groups is 1. The second kappa shape index (κ2) is 8.85. The van der Waals surface area contributed by atoms with Gasteiger partial charge in [0, 0.05) is 36.0 Å². The van der Waals surface area contributed by atoms with Crippen LogP contribution < -0.4 is 20.7 Å². The third-order valence-electron chi connectivity index (χ3n) is 5.00. The molecule has 2 heterocycles. The van der Waals surface area contributed by atoms with Crippen molar-refractivity contribution in [3.8, 4) is 0 Å². The molecule has 2 fully saturated rings. The normalized spacial score (nSPS) is 17.0. The summed E-state index contributed by atoms with van der Waals surface area (Å²) in [5.41, 5.74) is 5.15. The summed E-state index contributed by atoms with van der Waals surface area (Å²) in [4.78, 5) is 38.6. The number of anilines is 3. The van der Waals surface area contributed by atoms with E-state index in [-0.39, 0.29) is 30.6 Å². The van der Waals surface area contributed by atoms with E-state index in [4.69, 9.17) is 4.74 Å². The van der Waals surface area contributed by atoms with Gasteiger partial charge in [0.15, 0.2) is 0 Å². The van der Waals surface area contributed by atoms with Gasteiger partial charge in [0.05, 0.1) is 30.3 Å². The maximum absolute atomic E-state index is 12.8. The van der Waals surface area contributed by atoms with Crippen LogP contribution in [0.4, 0.5) is 17.1 Å². The highest BCUT2D eigenvalue weighted by Crippen LogP contribution is 2.30. The number of ether oxygens (including phenoxy) is 1. The number of hydrogen-bond donors (Lipinski definition) is 2. The number of nitrogens with one attached hydrogen (secondary N) is 2. The highest BCUT2D eigenvalue weighted by molar-refractivity contribution is 9.10. The summed E-state index contributed by atoms with van der Waals surface area (Å²) in [6.07, 6.45) is 0.356. The van der Waals surface area contributed by atoms with Crippen LogP contribution in [0.3, 0.4) is 0 Å². The van der Waals surface area contributed by atoms with E-state index < -0.39 is 0 Å². The standard InChI is InChI=1S/C21H21BrN4O4/c22-15-3-6-18(25-9-11-30-12-10-25)17(13-15)23-21(29)14-1-4-16(5-2-14)26-20(28)8-7-19(27)24-26/h1-6,13H,7-12H2,(H,23,29)(H,24,27). The van der Waals surface area contributed by atoms with E-state index in [0.29, 0.717) is 30.2 Å². The first-order valence-corrected chi connectivity index (χ1v) is 10.5. The number of amides is 3. The Morgan fingerprint density at radius 3 is 2.50 bits per heavy atom. The molecule has 0 unspecified atom stereocenters. The Balaban J connectivity index is 1.51. The van der Waals surface area contributed by atoms with Gasteiger partial charge in [-0.15, -0.1) is 0 Å². The van der Waals surface area contributed by atoms with Crippen LogP contribution in [0, 0.1) is 0 Å². The summed E-state index contributed by atoms with van der Waals surface area (Å²) in [6, 6.07) is 12.3. The molecule has 0 bridgehead atoms. The maximum atomic E-state index is 12.8. The van der Waals surface area contributed by atoms with Gasteiger partial charge >= 0.3 is 0 Å². The molecule has 2 N–H and O–H groups in total. The number of halogens is 1. The molecule has 156 valence electrons. The predicted molar refractivity (Wildman–Crippen MR) is 116 cm³/mol. The minimum absolute atomic E-state index is 0.168. The first-order valence-electron chi connectivity index (χ1n) is 9.67. The molecule has 2 aliphatic heterocycles. The molecule has 0 aromatic heterocycles. The Morgan fingerprint density at radius 2 is 1.77 bits per heavy atom. The van der Waals surface area contributed by atoms with E-state index in [1.165, 1.54) is 5.01 Å². The Kier molecular flexibility index (Phi) is 6.01. The third kappa shape index (κ3) is 4.47. The number of rotatable bonds is 4. The van der Waals surface area contributed by atoms with Gasteiger partial charge < -0.3 is 15.0 Å². The summed E-state index contributed by atoms with van der Waals surface area (Å²) < 4.78 is 6.28. The SMILES string of the molecule is O=C1CCC(=O)N(c2ccc(C(=O)Nc3cc(Br)ccc3N3CCOCC3)cc2)N1. The third-order valence-corrected chi connectivity index (χ3v) is 5.49. The maximum Gasteiger partial charge on any atom is 0.255 e. The van der Waals surface area contributed by atoms with Gasteiger partial charge in [0.25, 0.3) is 5.91 Å². The Bertz CT molecular complexity index is 973. The number of carbonyl (C=O) groups excluding carboxylic acids is 3. The van der Waals surface area contributed by atoms with Gasteiger partial charge in [-0.2, -0.15) is 0 Å². The van der Waals surface area contributed by atoms with Gasteiger partial charge in [-0.25, -0.2) is 5.01 Å². The van der Waals surface area contributed by atoms with Crippen molar-refractivity contribution in [3.63, 3.8) is 0 Å². The molecular formula is C21H21BrN4O4. The molecule has 30 heavy (non-hydrogen) atoms. The lowest BCUT2D eigenvalue weighted by molar-refractivity contribution is -0.130. The molecule has 2 aromatic carbocycles. The Labute approximate surface area is 182 Å². The Hall–Kier alpha value is -2.91. The van der Waals surface area contributed by atoms with Crippen molar-refractivity contribution >= 4 is 50.7 Å². The van der Waals surface area contributed by atoms with Crippen molar-refractivity contribution in [1.29, 1.82) is 0 Å². The molecule has 0 aliphatic carbocycles. The minimum atomic E-state index is -0.261. The molecule has 0 radical (unpaired) electrons. The first-order chi connectivity index (χ1) is 14.5. The smallest absolute Gasteiger partial charge is 0.255 e. The van der Waals surface area contributed by atoms with Crippen molar-refractivity contribution < 1.29 is 19.1 Å². The van der Waals surface area contributed by atoms with E-state index in [1.807, 2.05) is 18.2 Å². The number of morpholine rings is 1. The molecule has 8 nitrogen and oxygen atoms in total. The zero-order valence-electron chi connectivity index (χ0n) is 16.2. The first kappa shape index (κ1) is 20.4. The fourth-order valence-corrected chi connectivity index (χ4v) is 3.79. The van der Waals surface area contributed by atoms with Gasteiger partial charge in [-0.1, -0.05) is 15.9 Å². The number of nitrogens with zero attached hydrogens (tertiary/aromatic N) is 2.